The Morgan fingerprint density at radius 2 is 2.00 bits per heavy atom. The highest BCUT2D eigenvalue weighted by atomic mass is 16.6. The van der Waals surface area contributed by atoms with E-state index in [4.69, 9.17) is 4.74 Å². The van der Waals surface area contributed by atoms with Gasteiger partial charge in [-0.15, -0.1) is 0 Å². The van der Waals surface area contributed by atoms with Crippen LogP contribution in [0.1, 0.15) is 47.5 Å². The van der Waals surface area contributed by atoms with Gasteiger partial charge in [0, 0.05) is 11.5 Å². The first kappa shape index (κ1) is 11.1. The number of hydrogen-bond acceptors (Lipinski definition) is 2. The lowest BCUT2D eigenvalue weighted by Gasteiger charge is -2.45. The average molecular weight is 249 g/mol. The van der Waals surface area contributed by atoms with Crippen LogP contribution in [0.5, 0.6) is 0 Å². The van der Waals surface area contributed by atoms with E-state index in [9.17, 15) is 4.79 Å². The third-order valence-electron chi connectivity index (χ3n) is 7.56. The molecule has 4 fully saturated rings. The summed E-state index contributed by atoms with van der Waals surface area (Å²) in [6, 6.07) is 0.149. The summed E-state index contributed by atoms with van der Waals surface area (Å²) in [7, 11) is 0. The Hall–Kier alpha value is -0.730. The summed E-state index contributed by atoms with van der Waals surface area (Å²) >= 11 is 0. The van der Waals surface area contributed by atoms with Gasteiger partial charge in [-0.1, -0.05) is 20.8 Å². The standard InChI is InChI=1S/C15H23NO2/c1-8(2)16-11(17)18-10-6-9-7-12(3)14(5)13(10,4)15(9,12)14/h8-10H,6-7H2,1-5H3,(H,16,17). The van der Waals surface area contributed by atoms with E-state index in [1.165, 1.54) is 6.42 Å². The molecule has 100 valence electrons. The molecular weight excluding hydrogens is 226 g/mol. The maximum Gasteiger partial charge on any atom is 0.407 e. The molecule has 4 saturated carbocycles. The van der Waals surface area contributed by atoms with Gasteiger partial charge in [-0.3, -0.25) is 0 Å². The number of hydrogen-bond donors (Lipinski definition) is 1. The van der Waals surface area contributed by atoms with E-state index in [1.807, 2.05) is 13.8 Å². The van der Waals surface area contributed by atoms with Gasteiger partial charge >= 0.3 is 6.09 Å². The molecule has 0 bridgehead atoms. The highest BCUT2D eigenvalue weighted by Gasteiger charge is 3.15. The minimum absolute atomic E-state index is 0.141. The summed E-state index contributed by atoms with van der Waals surface area (Å²) in [5.74, 6) is 0.814. The minimum atomic E-state index is -0.231. The molecule has 0 radical (unpaired) electrons. The SMILES string of the molecule is CC(C)NC(=O)OC1CC2CC3(C)C4(C)C1(C)C234. The predicted octanol–water partition coefficient (Wildman–Crippen LogP) is 2.95. The van der Waals surface area contributed by atoms with Crippen LogP contribution in [0.25, 0.3) is 0 Å². The first-order valence-corrected chi connectivity index (χ1v) is 7.24. The Labute approximate surface area is 109 Å². The zero-order valence-electron chi connectivity index (χ0n) is 12.0. The molecule has 0 aromatic carbocycles. The van der Waals surface area contributed by atoms with Crippen molar-refractivity contribution in [2.24, 2.45) is 27.6 Å². The molecule has 6 unspecified atom stereocenters. The van der Waals surface area contributed by atoms with Crippen LogP contribution in [0.4, 0.5) is 4.79 Å². The van der Waals surface area contributed by atoms with Crippen LogP contribution in [0, 0.1) is 27.6 Å². The van der Waals surface area contributed by atoms with Gasteiger partial charge in [0.15, 0.2) is 0 Å². The molecule has 0 aliphatic heterocycles. The Kier molecular flexibility index (Phi) is 1.52. The lowest BCUT2D eigenvalue weighted by molar-refractivity contribution is -0.0170. The lowest BCUT2D eigenvalue weighted by Crippen LogP contribution is -2.43. The third-order valence-corrected chi connectivity index (χ3v) is 7.56. The number of amides is 1. The summed E-state index contributed by atoms with van der Waals surface area (Å²) in [5, 5.41) is 2.84. The molecule has 0 saturated heterocycles. The van der Waals surface area contributed by atoms with Gasteiger partial charge in [-0.25, -0.2) is 4.79 Å². The summed E-state index contributed by atoms with van der Waals surface area (Å²) in [6.07, 6.45) is 2.35. The topological polar surface area (TPSA) is 38.3 Å². The molecule has 0 aromatic rings. The molecule has 18 heavy (non-hydrogen) atoms. The van der Waals surface area contributed by atoms with Crippen molar-refractivity contribution < 1.29 is 9.53 Å². The highest BCUT2D eigenvalue weighted by molar-refractivity contribution is 5.69. The van der Waals surface area contributed by atoms with Crippen LogP contribution in [0.3, 0.4) is 0 Å². The van der Waals surface area contributed by atoms with E-state index in [-0.39, 0.29) is 23.7 Å². The molecule has 3 nitrogen and oxygen atoms in total. The molecule has 4 aliphatic carbocycles. The van der Waals surface area contributed by atoms with Crippen molar-refractivity contribution in [2.75, 3.05) is 0 Å². The fourth-order valence-corrected chi connectivity index (χ4v) is 7.13. The Morgan fingerprint density at radius 1 is 1.33 bits per heavy atom. The maximum absolute atomic E-state index is 11.8. The summed E-state index contributed by atoms with van der Waals surface area (Å²) < 4.78 is 5.73. The van der Waals surface area contributed by atoms with Crippen LogP contribution in [0.2, 0.25) is 0 Å². The van der Waals surface area contributed by atoms with Gasteiger partial charge in [0.25, 0.3) is 0 Å². The minimum Gasteiger partial charge on any atom is -0.446 e. The zero-order valence-corrected chi connectivity index (χ0v) is 12.0. The van der Waals surface area contributed by atoms with Crippen molar-refractivity contribution in [3.05, 3.63) is 0 Å². The van der Waals surface area contributed by atoms with E-state index in [0.717, 1.165) is 12.3 Å². The van der Waals surface area contributed by atoms with Crippen LogP contribution < -0.4 is 5.32 Å². The highest BCUT2D eigenvalue weighted by Crippen LogP contribution is 3.17. The second-order valence-corrected chi connectivity index (χ2v) is 7.80. The van der Waals surface area contributed by atoms with Gasteiger partial charge < -0.3 is 10.1 Å². The second-order valence-electron chi connectivity index (χ2n) is 7.80. The molecule has 1 N–H and O–H groups in total. The quantitative estimate of drug-likeness (QED) is 0.817. The van der Waals surface area contributed by atoms with Crippen LogP contribution in [-0.2, 0) is 4.74 Å². The van der Waals surface area contributed by atoms with Crippen molar-refractivity contribution in [3.63, 3.8) is 0 Å². The largest absolute Gasteiger partial charge is 0.446 e. The van der Waals surface area contributed by atoms with Crippen molar-refractivity contribution in [1.82, 2.24) is 5.32 Å². The van der Waals surface area contributed by atoms with Crippen molar-refractivity contribution in [2.45, 2.75) is 59.6 Å². The van der Waals surface area contributed by atoms with Gasteiger partial charge in [0.2, 0.25) is 0 Å². The van der Waals surface area contributed by atoms with Crippen molar-refractivity contribution in [3.8, 4) is 0 Å². The summed E-state index contributed by atoms with van der Waals surface area (Å²) in [5.41, 5.74) is 1.84. The van der Waals surface area contributed by atoms with Gasteiger partial charge in [-0.2, -0.15) is 0 Å². The number of carbonyl (C=O) groups is 1. The van der Waals surface area contributed by atoms with Gasteiger partial charge in [0.1, 0.15) is 6.10 Å². The Morgan fingerprint density at radius 3 is 2.44 bits per heavy atom. The zero-order chi connectivity index (χ0) is 13.1. The van der Waals surface area contributed by atoms with E-state index in [0.29, 0.717) is 16.2 Å². The summed E-state index contributed by atoms with van der Waals surface area (Å²) in [6.45, 7) is 11.1. The molecule has 6 atom stereocenters. The molecule has 1 amide bonds. The van der Waals surface area contributed by atoms with Crippen LogP contribution >= 0.6 is 0 Å². The summed E-state index contributed by atoms with van der Waals surface area (Å²) in [4.78, 5) is 11.8. The Bertz CT molecular complexity index is 475. The van der Waals surface area contributed by atoms with E-state index < -0.39 is 0 Å². The van der Waals surface area contributed by atoms with Gasteiger partial charge in [0.05, 0.1) is 0 Å². The number of rotatable bonds is 2. The van der Waals surface area contributed by atoms with Crippen LogP contribution in [-0.4, -0.2) is 18.2 Å². The normalized spacial score (nSPS) is 61.7. The fourth-order valence-electron chi connectivity index (χ4n) is 7.13. The first-order chi connectivity index (χ1) is 8.27. The smallest absolute Gasteiger partial charge is 0.407 e. The van der Waals surface area contributed by atoms with Gasteiger partial charge in [-0.05, 0) is 48.9 Å². The third kappa shape index (κ3) is 0.648. The molecule has 1 spiro atoms. The monoisotopic (exact) mass is 249 g/mol. The molecular formula is C15H23NO2. The number of nitrogens with one attached hydrogen (secondary N) is 1. The Balaban J connectivity index is 1.53. The molecule has 0 aromatic heterocycles. The number of ether oxygens (including phenoxy) is 1. The molecule has 4 aliphatic rings. The number of carbonyl (C=O) groups excluding carboxylic acids is 1. The lowest BCUT2D eigenvalue weighted by atomic mass is 9.59. The van der Waals surface area contributed by atoms with E-state index in [2.05, 4.69) is 26.1 Å². The fraction of sp³-hybridized carbons (Fsp3) is 0.933. The van der Waals surface area contributed by atoms with E-state index >= 15 is 0 Å². The van der Waals surface area contributed by atoms with E-state index in [1.54, 1.807) is 0 Å². The number of alkyl carbamates (subject to hydrolysis) is 1. The van der Waals surface area contributed by atoms with Crippen molar-refractivity contribution in [1.29, 1.82) is 0 Å². The molecule has 0 heterocycles. The predicted molar refractivity (Wildman–Crippen MR) is 68.0 cm³/mol. The molecule has 3 heteroatoms. The average Bonchev–Trinajstić information content (AvgIpc) is 2.82. The first-order valence-electron chi connectivity index (χ1n) is 7.24. The van der Waals surface area contributed by atoms with Crippen LogP contribution in [0.15, 0.2) is 0 Å². The number of fused-ring (bicyclic) bond motifs is 2. The van der Waals surface area contributed by atoms with Crippen molar-refractivity contribution >= 4 is 6.09 Å². The molecule has 4 rings (SSSR count). The second kappa shape index (κ2) is 2.46. The maximum atomic E-state index is 11.8.